The summed E-state index contributed by atoms with van der Waals surface area (Å²) in [5.74, 6) is 0.489. The maximum absolute atomic E-state index is 11.6. The molecule has 0 bridgehead atoms. The van der Waals surface area contributed by atoms with Crippen molar-refractivity contribution < 1.29 is 9.59 Å². The van der Waals surface area contributed by atoms with Crippen molar-refractivity contribution in [2.24, 2.45) is 16.7 Å². The molecule has 1 saturated carbocycles. The van der Waals surface area contributed by atoms with Crippen LogP contribution in [0.4, 0.5) is 0 Å². The van der Waals surface area contributed by atoms with Crippen molar-refractivity contribution >= 4 is 11.6 Å². The van der Waals surface area contributed by atoms with Gasteiger partial charge in [-0.05, 0) is 32.1 Å². The van der Waals surface area contributed by atoms with E-state index in [0.717, 1.165) is 12.8 Å². The van der Waals surface area contributed by atoms with Gasteiger partial charge in [-0.25, -0.2) is 0 Å². The molecule has 0 spiro atoms. The summed E-state index contributed by atoms with van der Waals surface area (Å²) < 4.78 is 0. The first-order valence-electron chi connectivity index (χ1n) is 5.25. The first kappa shape index (κ1) is 11.4. The first-order chi connectivity index (χ1) is 6.23. The second-order valence-corrected chi connectivity index (χ2v) is 5.31. The molecule has 80 valence electrons. The Labute approximate surface area is 86.1 Å². The van der Waals surface area contributed by atoms with Crippen LogP contribution in [0.3, 0.4) is 0 Å². The Morgan fingerprint density at radius 1 is 1.14 bits per heavy atom. The standard InChI is InChI=1S/C12H20O2/c1-8(13)10-6-7-12(5,9(2)14)11(10,3)4/h10H,6-7H2,1-5H3/t10-,12+/m0/s1. The topological polar surface area (TPSA) is 34.1 Å². The van der Waals surface area contributed by atoms with Gasteiger partial charge in [0.15, 0.2) is 0 Å². The summed E-state index contributed by atoms with van der Waals surface area (Å²) in [4.78, 5) is 23.1. The van der Waals surface area contributed by atoms with Gasteiger partial charge < -0.3 is 0 Å². The number of hydrogen-bond donors (Lipinski definition) is 0. The largest absolute Gasteiger partial charge is 0.300 e. The van der Waals surface area contributed by atoms with E-state index in [1.807, 2.05) is 20.8 Å². The zero-order chi connectivity index (χ0) is 11.1. The molecule has 2 atom stereocenters. The zero-order valence-electron chi connectivity index (χ0n) is 9.81. The molecule has 1 rings (SSSR count). The average molecular weight is 196 g/mol. The third-order valence-corrected chi connectivity index (χ3v) is 4.49. The monoisotopic (exact) mass is 196 g/mol. The highest BCUT2D eigenvalue weighted by molar-refractivity contribution is 5.87. The minimum atomic E-state index is -0.316. The van der Waals surface area contributed by atoms with Gasteiger partial charge >= 0.3 is 0 Å². The summed E-state index contributed by atoms with van der Waals surface area (Å²) in [6, 6.07) is 0. The van der Waals surface area contributed by atoms with Crippen molar-refractivity contribution in [1.29, 1.82) is 0 Å². The molecule has 14 heavy (non-hydrogen) atoms. The van der Waals surface area contributed by atoms with E-state index in [4.69, 9.17) is 0 Å². The Bertz CT molecular complexity index is 278. The first-order valence-corrected chi connectivity index (χ1v) is 5.25. The van der Waals surface area contributed by atoms with Gasteiger partial charge in [0.05, 0.1) is 0 Å². The Balaban J connectivity index is 3.08. The third-order valence-electron chi connectivity index (χ3n) is 4.49. The molecule has 0 radical (unpaired) electrons. The van der Waals surface area contributed by atoms with Gasteiger partial charge in [0.1, 0.15) is 11.6 Å². The van der Waals surface area contributed by atoms with E-state index in [1.54, 1.807) is 13.8 Å². The number of ketones is 2. The molecule has 2 nitrogen and oxygen atoms in total. The smallest absolute Gasteiger partial charge is 0.136 e. The Hall–Kier alpha value is -0.660. The molecule has 0 unspecified atom stereocenters. The van der Waals surface area contributed by atoms with E-state index < -0.39 is 0 Å². The molecule has 0 N–H and O–H groups in total. The Morgan fingerprint density at radius 3 is 1.86 bits per heavy atom. The lowest BCUT2D eigenvalue weighted by Gasteiger charge is -2.39. The lowest BCUT2D eigenvalue weighted by molar-refractivity contribution is -0.134. The van der Waals surface area contributed by atoms with Crippen molar-refractivity contribution in [1.82, 2.24) is 0 Å². The Morgan fingerprint density at radius 2 is 1.64 bits per heavy atom. The predicted molar refractivity (Wildman–Crippen MR) is 56.0 cm³/mol. The van der Waals surface area contributed by atoms with Gasteiger partial charge in [0.25, 0.3) is 0 Å². The summed E-state index contributed by atoms with van der Waals surface area (Å²) in [6.45, 7) is 9.38. The molecule has 0 aromatic carbocycles. The van der Waals surface area contributed by atoms with Gasteiger partial charge in [0, 0.05) is 11.3 Å². The van der Waals surface area contributed by atoms with E-state index in [-0.39, 0.29) is 28.3 Å². The average Bonchev–Trinajstić information content (AvgIpc) is 2.24. The van der Waals surface area contributed by atoms with Crippen LogP contribution in [0.2, 0.25) is 0 Å². The summed E-state index contributed by atoms with van der Waals surface area (Å²) in [5, 5.41) is 0. The molecule has 0 saturated heterocycles. The van der Waals surface area contributed by atoms with Crippen LogP contribution in [0.5, 0.6) is 0 Å². The van der Waals surface area contributed by atoms with E-state index in [2.05, 4.69) is 0 Å². The van der Waals surface area contributed by atoms with Crippen molar-refractivity contribution in [3.8, 4) is 0 Å². The molecule has 0 aromatic rings. The number of carbonyl (C=O) groups excluding carboxylic acids is 2. The molecule has 0 aromatic heterocycles. The number of rotatable bonds is 2. The maximum Gasteiger partial charge on any atom is 0.136 e. The summed E-state index contributed by atoms with van der Waals surface area (Å²) in [7, 11) is 0. The van der Waals surface area contributed by atoms with Crippen molar-refractivity contribution in [2.45, 2.75) is 47.5 Å². The third kappa shape index (κ3) is 1.32. The van der Waals surface area contributed by atoms with Crippen LogP contribution in [-0.2, 0) is 9.59 Å². The quantitative estimate of drug-likeness (QED) is 0.680. The Kier molecular flexibility index (Phi) is 2.59. The lowest BCUT2D eigenvalue weighted by Crippen LogP contribution is -2.41. The van der Waals surface area contributed by atoms with Crippen molar-refractivity contribution in [3.05, 3.63) is 0 Å². The van der Waals surface area contributed by atoms with Gasteiger partial charge in [-0.2, -0.15) is 0 Å². The SMILES string of the molecule is CC(=O)[C@@H]1CC[C@](C)(C(C)=O)C1(C)C. The molecule has 1 aliphatic rings. The predicted octanol–water partition coefficient (Wildman–Crippen LogP) is 2.61. The van der Waals surface area contributed by atoms with Crippen LogP contribution in [0.15, 0.2) is 0 Å². The highest BCUT2D eigenvalue weighted by Gasteiger charge is 2.55. The van der Waals surface area contributed by atoms with E-state index in [9.17, 15) is 9.59 Å². The van der Waals surface area contributed by atoms with Gasteiger partial charge in [-0.3, -0.25) is 9.59 Å². The molecular formula is C12H20O2. The molecular weight excluding hydrogens is 176 g/mol. The zero-order valence-corrected chi connectivity index (χ0v) is 9.81. The van der Waals surface area contributed by atoms with Gasteiger partial charge in [0.2, 0.25) is 0 Å². The van der Waals surface area contributed by atoms with Gasteiger partial charge in [-0.15, -0.1) is 0 Å². The normalized spacial score (nSPS) is 35.6. The molecule has 1 fully saturated rings. The lowest BCUT2D eigenvalue weighted by atomic mass is 9.63. The second-order valence-electron chi connectivity index (χ2n) is 5.31. The van der Waals surface area contributed by atoms with Crippen LogP contribution in [0.1, 0.15) is 47.5 Å². The van der Waals surface area contributed by atoms with E-state index in [0.29, 0.717) is 0 Å². The fourth-order valence-electron chi connectivity index (χ4n) is 2.84. The summed E-state index contributed by atoms with van der Waals surface area (Å²) in [5.41, 5.74) is -0.506. The van der Waals surface area contributed by atoms with Crippen LogP contribution >= 0.6 is 0 Å². The van der Waals surface area contributed by atoms with Crippen LogP contribution in [0, 0.1) is 16.7 Å². The van der Waals surface area contributed by atoms with Crippen LogP contribution in [-0.4, -0.2) is 11.6 Å². The molecule has 0 heterocycles. The van der Waals surface area contributed by atoms with E-state index >= 15 is 0 Å². The highest BCUT2D eigenvalue weighted by Crippen LogP contribution is 2.56. The van der Waals surface area contributed by atoms with Crippen molar-refractivity contribution in [2.75, 3.05) is 0 Å². The summed E-state index contributed by atoms with van der Waals surface area (Å²) >= 11 is 0. The molecule has 0 aliphatic heterocycles. The fourth-order valence-corrected chi connectivity index (χ4v) is 2.84. The molecule has 0 amide bonds. The molecule has 1 aliphatic carbocycles. The summed E-state index contributed by atoms with van der Waals surface area (Å²) in [6.07, 6.45) is 1.71. The maximum atomic E-state index is 11.6. The van der Waals surface area contributed by atoms with Crippen LogP contribution < -0.4 is 0 Å². The number of carbonyl (C=O) groups is 2. The van der Waals surface area contributed by atoms with Crippen molar-refractivity contribution in [3.63, 3.8) is 0 Å². The second kappa shape index (κ2) is 3.18. The minimum absolute atomic E-state index is 0.0522. The molecule has 2 heteroatoms. The number of hydrogen-bond acceptors (Lipinski definition) is 2. The van der Waals surface area contributed by atoms with E-state index in [1.165, 1.54) is 0 Å². The fraction of sp³-hybridized carbons (Fsp3) is 0.833. The number of Topliss-reactive ketones (excluding diaryl/α,β-unsaturated/α-hetero) is 2. The minimum Gasteiger partial charge on any atom is -0.300 e. The van der Waals surface area contributed by atoms with Crippen LogP contribution in [0.25, 0.3) is 0 Å². The van der Waals surface area contributed by atoms with Gasteiger partial charge in [-0.1, -0.05) is 20.8 Å². The highest BCUT2D eigenvalue weighted by atomic mass is 16.1.